The molecule has 0 bridgehead atoms. The van der Waals surface area contributed by atoms with Crippen LogP contribution in [-0.4, -0.2) is 30.6 Å². The fourth-order valence-electron chi connectivity index (χ4n) is 3.98. The van der Waals surface area contributed by atoms with E-state index in [0.717, 1.165) is 31.6 Å². The molecule has 1 aliphatic heterocycles. The van der Waals surface area contributed by atoms with Crippen LogP contribution in [0.15, 0.2) is 42.5 Å². The maximum Gasteiger partial charge on any atom is 0.317 e. The van der Waals surface area contributed by atoms with Crippen LogP contribution in [0, 0.1) is 0 Å². The van der Waals surface area contributed by atoms with Gasteiger partial charge in [0.25, 0.3) is 0 Å². The molecule has 1 N–H and O–H groups in total. The summed E-state index contributed by atoms with van der Waals surface area (Å²) in [6, 6.07) is 14.7. The minimum Gasteiger partial charge on any atom is -0.491 e. The molecule has 0 saturated carbocycles. The first kappa shape index (κ1) is 17.0. The maximum absolute atomic E-state index is 12.4. The van der Waals surface area contributed by atoms with Gasteiger partial charge in [0.05, 0.1) is 6.54 Å². The predicted octanol–water partition coefficient (Wildman–Crippen LogP) is 3.71. The number of ether oxygens (including phenoxy) is 1. The second kappa shape index (κ2) is 7.81. The summed E-state index contributed by atoms with van der Waals surface area (Å²) >= 11 is 0. The van der Waals surface area contributed by atoms with Gasteiger partial charge in [0, 0.05) is 13.1 Å². The normalized spacial score (nSPS) is 15.8. The number of urea groups is 1. The maximum atomic E-state index is 12.4. The molecular formula is C22H26N2O2. The summed E-state index contributed by atoms with van der Waals surface area (Å²) in [5, 5.41) is 3.00. The third-order valence-electron chi connectivity index (χ3n) is 5.41. The van der Waals surface area contributed by atoms with E-state index in [4.69, 9.17) is 4.74 Å². The van der Waals surface area contributed by atoms with Crippen molar-refractivity contribution in [2.24, 2.45) is 0 Å². The molecule has 2 aromatic rings. The Hall–Kier alpha value is -2.49. The number of nitrogens with zero attached hydrogens (tertiary/aromatic N) is 1. The van der Waals surface area contributed by atoms with Crippen molar-refractivity contribution >= 4 is 6.03 Å². The van der Waals surface area contributed by atoms with Crippen molar-refractivity contribution in [3.63, 3.8) is 0 Å². The minimum absolute atomic E-state index is 0.00167. The number of amides is 2. The summed E-state index contributed by atoms with van der Waals surface area (Å²) in [6.07, 6.45) is 5.69. The number of aryl methyl sites for hydroxylation is 1. The van der Waals surface area contributed by atoms with E-state index in [0.29, 0.717) is 19.7 Å². The number of nitrogens with one attached hydrogen (secondary N) is 1. The number of rotatable bonds is 4. The predicted molar refractivity (Wildman–Crippen MR) is 103 cm³/mol. The van der Waals surface area contributed by atoms with E-state index in [1.165, 1.54) is 35.1 Å². The largest absolute Gasteiger partial charge is 0.491 e. The molecule has 1 heterocycles. The summed E-state index contributed by atoms with van der Waals surface area (Å²) in [4.78, 5) is 14.3. The zero-order valence-electron chi connectivity index (χ0n) is 15.2. The van der Waals surface area contributed by atoms with Crippen molar-refractivity contribution in [2.75, 3.05) is 19.7 Å². The number of benzene rings is 2. The summed E-state index contributed by atoms with van der Waals surface area (Å²) in [7, 11) is 0. The molecule has 0 atom stereocenters. The zero-order chi connectivity index (χ0) is 17.8. The smallest absolute Gasteiger partial charge is 0.317 e. The Balaban J connectivity index is 1.26. The molecule has 26 heavy (non-hydrogen) atoms. The van der Waals surface area contributed by atoms with Gasteiger partial charge in [-0.25, -0.2) is 4.79 Å². The van der Waals surface area contributed by atoms with Gasteiger partial charge < -0.3 is 15.0 Å². The molecule has 4 nitrogen and oxygen atoms in total. The van der Waals surface area contributed by atoms with Crippen LogP contribution >= 0.6 is 0 Å². The molecule has 0 unspecified atom stereocenters. The highest BCUT2D eigenvalue weighted by atomic mass is 16.5. The molecule has 0 aromatic heterocycles. The fourth-order valence-corrected chi connectivity index (χ4v) is 3.98. The molecule has 136 valence electrons. The van der Waals surface area contributed by atoms with E-state index in [1.807, 2.05) is 17.0 Å². The Bertz CT molecular complexity index is 787. The summed E-state index contributed by atoms with van der Waals surface area (Å²) in [5.41, 5.74) is 5.39. The van der Waals surface area contributed by atoms with Crippen LogP contribution < -0.4 is 10.1 Å². The molecule has 2 aromatic carbocycles. The van der Waals surface area contributed by atoms with Gasteiger partial charge in [-0.05, 0) is 60.4 Å². The zero-order valence-corrected chi connectivity index (χ0v) is 15.2. The van der Waals surface area contributed by atoms with Crippen LogP contribution in [0.5, 0.6) is 5.75 Å². The SMILES string of the molecule is O=C(NCCOc1cccc2c1CCCC2)N1CCc2ccccc2C1. The second-order valence-electron chi connectivity index (χ2n) is 7.12. The van der Waals surface area contributed by atoms with Crippen molar-refractivity contribution < 1.29 is 9.53 Å². The Morgan fingerprint density at radius 2 is 1.77 bits per heavy atom. The van der Waals surface area contributed by atoms with Gasteiger partial charge in [-0.1, -0.05) is 36.4 Å². The Kier molecular flexibility index (Phi) is 5.09. The van der Waals surface area contributed by atoms with Crippen molar-refractivity contribution in [1.82, 2.24) is 10.2 Å². The van der Waals surface area contributed by atoms with Crippen LogP contribution in [0.4, 0.5) is 4.79 Å². The molecule has 0 radical (unpaired) electrons. The minimum atomic E-state index is -0.00167. The van der Waals surface area contributed by atoms with Gasteiger partial charge in [-0.15, -0.1) is 0 Å². The lowest BCUT2D eigenvalue weighted by Crippen LogP contribution is -2.43. The summed E-state index contributed by atoms with van der Waals surface area (Å²) in [5.74, 6) is 0.989. The highest BCUT2D eigenvalue weighted by Gasteiger charge is 2.20. The van der Waals surface area contributed by atoms with E-state index in [9.17, 15) is 4.79 Å². The lowest BCUT2D eigenvalue weighted by molar-refractivity contribution is 0.189. The number of hydrogen-bond acceptors (Lipinski definition) is 2. The van der Waals surface area contributed by atoms with E-state index in [-0.39, 0.29) is 6.03 Å². The fraction of sp³-hybridized carbons (Fsp3) is 0.409. The highest BCUT2D eigenvalue weighted by Crippen LogP contribution is 2.29. The molecule has 1 aliphatic carbocycles. The molecule has 2 aliphatic rings. The summed E-state index contributed by atoms with van der Waals surface area (Å²) in [6.45, 7) is 2.50. The molecule has 0 saturated heterocycles. The van der Waals surface area contributed by atoms with Crippen molar-refractivity contribution in [3.8, 4) is 5.75 Å². The van der Waals surface area contributed by atoms with E-state index in [1.54, 1.807) is 0 Å². The standard InChI is InChI=1S/C22H26N2O2/c25-22(24-14-12-17-6-1-2-8-19(17)16-24)23-13-15-26-21-11-5-9-18-7-3-4-10-20(18)21/h1-2,5-6,8-9,11H,3-4,7,10,12-16H2,(H,23,25). The Morgan fingerprint density at radius 1 is 0.962 bits per heavy atom. The lowest BCUT2D eigenvalue weighted by atomic mass is 9.91. The van der Waals surface area contributed by atoms with Crippen LogP contribution in [0.25, 0.3) is 0 Å². The highest BCUT2D eigenvalue weighted by molar-refractivity contribution is 5.74. The topological polar surface area (TPSA) is 41.6 Å². The first-order valence-corrected chi connectivity index (χ1v) is 9.64. The second-order valence-corrected chi connectivity index (χ2v) is 7.12. The third kappa shape index (κ3) is 3.69. The first-order chi connectivity index (χ1) is 12.8. The Labute approximate surface area is 155 Å². The Morgan fingerprint density at radius 3 is 2.69 bits per heavy atom. The van der Waals surface area contributed by atoms with Gasteiger partial charge in [0.15, 0.2) is 0 Å². The monoisotopic (exact) mass is 350 g/mol. The van der Waals surface area contributed by atoms with Gasteiger partial charge in [-0.2, -0.15) is 0 Å². The number of carbonyl (C=O) groups excluding carboxylic acids is 1. The van der Waals surface area contributed by atoms with Crippen LogP contribution in [0.2, 0.25) is 0 Å². The third-order valence-corrected chi connectivity index (χ3v) is 5.41. The first-order valence-electron chi connectivity index (χ1n) is 9.64. The molecule has 0 fully saturated rings. The van der Waals surface area contributed by atoms with Gasteiger partial charge >= 0.3 is 6.03 Å². The lowest BCUT2D eigenvalue weighted by Gasteiger charge is -2.29. The number of fused-ring (bicyclic) bond motifs is 2. The quantitative estimate of drug-likeness (QED) is 0.854. The van der Waals surface area contributed by atoms with E-state index >= 15 is 0 Å². The summed E-state index contributed by atoms with van der Waals surface area (Å²) < 4.78 is 5.97. The molecule has 0 spiro atoms. The number of hydrogen-bond donors (Lipinski definition) is 1. The average molecular weight is 350 g/mol. The average Bonchev–Trinajstić information content (AvgIpc) is 2.70. The molecule has 4 rings (SSSR count). The van der Waals surface area contributed by atoms with Crippen LogP contribution in [0.3, 0.4) is 0 Å². The number of carbonyl (C=O) groups is 1. The van der Waals surface area contributed by atoms with Gasteiger partial charge in [-0.3, -0.25) is 0 Å². The van der Waals surface area contributed by atoms with Crippen molar-refractivity contribution in [1.29, 1.82) is 0 Å². The van der Waals surface area contributed by atoms with Crippen LogP contribution in [0.1, 0.15) is 35.1 Å². The molecule has 2 amide bonds. The van der Waals surface area contributed by atoms with E-state index in [2.05, 4.69) is 35.6 Å². The van der Waals surface area contributed by atoms with Gasteiger partial charge in [0.1, 0.15) is 12.4 Å². The van der Waals surface area contributed by atoms with Crippen molar-refractivity contribution in [3.05, 3.63) is 64.7 Å². The van der Waals surface area contributed by atoms with Gasteiger partial charge in [0.2, 0.25) is 0 Å². The molecule has 4 heteroatoms. The van der Waals surface area contributed by atoms with E-state index < -0.39 is 0 Å². The molecular weight excluding hydrogens is 324 g/mol. The van der Waals surface area contributed by atoms with Crippen LogP contribution in [-0.2, 0) is 25.8 Å². The van der Waals surface area contributed by atoms with Crippen molar-refractivity contribution in [2.45, 2.75) is 38.6 Å².